The molecule has 1 aromatic carbocycles. The van der Waals surface area contributed by atoms with E-state index in [-0.39, 0.29) is 18.8 Å². The standard InChI is InChI=1S/C24H33N3O6/c1-4-10-20(15-19(17-31-2)23(29)32-3)27-22(28)21(25)13-8-9-14-26-24(30)33-16-18-11-6-5-7-12-18/h4-7,10-12,15,21H,1,8-9,13-14,16-17,25H2,2-3H3,(H,26,30)(H,27,28)/b19-15+,20-10+/t21-/m0/s1. The minimum absolute atomic E-state index is 0.0177. The molecule has 180 valence electrons. The predicted molar refractivity (Wildman–Crippen MR) is 125 cm³/mol. The van der Waals surface area contributed by atoms with Gasteiger partial charge in [0.1, 0.15) is 6.61 Å². The summed E-state index contributed by atoms with van der Waals surface area (Å²) in [5, 5.41) is 5.34. The molecule has 0 spiro atoms. The minimum Gasteiger partial charge on any atom is -0.466 e. The van der Waals surface area contributed by atoms with Crippen LogP contribution < -0.4 is 16.4 Å². The van der Waals surface area contributed by atoms with Crippen molar-refractivity contribution in [2.75, 3.05) is 27.4 Å². The number of rotatable bonds is 14. The number of ether oxygens (including phenoxy) is 3. The number of alkyl carbamates (subject to hydrolysis) is 1. The van der Waals surface area contributed by atoms with Crippen molar-refractivity contribution in [1.82, 2.24) is 10.6 Å². The molecule has 2 amide bonds. The van der Waals surface area contributed by atoms with Gasteiger partial charge in [0, 0.05) is 19.4 Å². The number of unbranched alkanes of at least 4 members (excludes halogenated alkanes) is 1. The molecule has 9 nitrogen and oxygen atoms in total. The van der Waals surface area contributed by atoms with Crippen molar-refractivity contribution in [3.8, 4) is 0 Å². The average molecular weight is 460 g/mol. The summed E-state index contributed by atoms with van der Waals surface area (Å²) in [6.07, 6.45) is 5.64. The van der Waals surface area contributed by atoms with Crippen LogP contribution in [0, 0.1) is 0 Å². The van der Waals surface area contributed by atoms with Gasteiger partial charge in [0.2, 0.25) is 5.91 Å². The van der Waals surface area contributed by atoms with Crippen LogP contribution in [0.25, 0.3) is 0 Å². The number of carbonyl (C=O) groups is 3. The largest absolute Gasteiger partial charge is 0.466 e. The van der Waals surface area contributed by atoms with Crippen molar-refractivity contribution >= 4 is 18.0 Å². The molecule has 9 heteroatoms. The molecule has 1 aromatic rings. The number of carbonyl (C=O) groups excluding carboxylic acids is 3. The van der Waals surface area contributed by atoms with Crippen molar-refractivity contribution in [3.05, 3.63) is 72.0 Å². The summed E-state index contributed by atoms with van der Waals surface area (Å²) in [4.78, 5) is 36.0. The van der Waals surface area contributed by atoms with Crippen LogP contribution in [0.3, 0.4) is 0 Å². The first-order valence-electron chi connectivity index (χ1n) is 10.5. The number of methoxy groups -OCH3 is 2. The van der Waals surface area contributed by atoms with E-state index in [9.17, 15) is 14.4 Å². The summed E-state index contributed by atoms with van der Waals surface area (Å²) < 4.78 is 14.8. The van der Waals surface area contributed by atoms with Gasteiger partial charge in [-0.05, 0) is 37.0 Å². The van der Waals surface area contributed by atoms with Crippen LogP contribution in [0.4, 0.5) is 4.79 Å². The molecule has 1 atom stereocenters. The molecule has 0 fully saturated rings. The van der Waals surface area contributed by atoms with E-state index in [0.717, 1.165) is 5.56 Å². The minimum atomic E-state index is -0.763. The lowest BCUT2D eigenvalue weighted by Crippen LogP contribution is -2.40. The number of nitrogens with two attached hydrogens (primary N) is 1. The molecule has 0 aliphatic carbocycles. The molecule has 0 unspecified atom stereocenters. The van der Waals surface area contributed by atoms with E-state index in [1.807, 2.05) is 30.3 Å². The Morgan fingerprint density at radius 1 is 1.15 bits per heavy atom. The first-order chi connectivity index (χ1) is 15.9. The number of allylic oxidation sites excluding steroid dienone is 3. The number of hydrogen-bond donors (Lipinski definition) is 3. The van der Waals surface area contributed by atoms with Gasteiger partial charge in [-0.25, -0.2) is 9.59 Å². The predicted octanol–water partition coefficient (Wildman–Crippen LogP) is 2.34. The highest BCUT2D eigenvalue weighted by Crippen LogP contribution is 2.06. The maximum absolute atomic E-state index is 12.4. The number of esters is 1. The Balaban J connectivity index is 2.39. The zero-order valence-corrected chi connectivity index (χ0v) is 19.2. The van der Waals surface area contributed by atoms with Gasteiger partial charge in [-0.3, -0.25) is 4.79 Å². The highest BCUT2D eigenvalue weighted by atomic mass is 16.5. The van der Waals surface area contributed by atoms with Crippen LogP contribution in [0.15, 0.2) is 66.4 Å². The Hall–Kier alpha value is -3.43. The Bertz CT molecular complexity index is 836. The molecule has 0 aromatic heterocycles. The summed E-state index contributed by atoms with van der Waals surface area (Å²) in [6, 6.07) is 8.63. The van der Waals surface area contributed by atoms with E-state index >= 15 is 0 Å². The topological polar surface area (TPSA) is 129 Å². The van der Waals surface area contributed by atoms with Crippen molar-refractivity contribution < 1.29 is 28.6 Å². The Morgan fingerprint density at radius 2 is 1.88 bits per heavy atom. The van der Waals surface area contributed by atoms with Crippen LogP contribution in [0.5, 0.6) is 0 Å². The van der Waals surface area contributed by atoms with Crippen LogP contribution in [-0.4, -0.2) is 51.4 Å². The molecular formula is C24H33N3O6. The molecular weight excluding hydrogens is 426 g/mol. The molecule has 0 heterocycles. The van der Waals surface area contributed by atoms with Crippen molar-refractivity contribution in [2.24, 2.45) is 5.73 Å². The van der Waals surface area contributed by atoms with Crippen LogP contribution in [0.1, 0.15) is 24.8 Å². The Labute approximate surface area is 194 Å². The molecule has 0 radical (unpaired) electrons. The highest BCUT2D eigenvalue weighted by molar-refractivity contribution is 5.90. The van der Waals surface area contributed by atoms with Gasteiger partial charge >= 0.3 is 12.1 Å². The zero-order valence-electron chi connectivity index (χ0n) is 19.2. The number of amides is 2. The van der Waals surface area contributed by atoms with E-state index in [1.54, 1.807) is 0 Å². The first kappa shape index (κ1) is 27.6. The summed E-state index contributed by atoms with van der Waals surface area (Å²) in [5.74, 6) is -0.976. The van der Waals surface area contributed by atoms with Gasteiger partial charge in [0.05, 0.1) is 25.3 Å². The summed E-state index contributed by atoms with van der Waals surface area (Å²) in [5.41, 5.74) is 7.45. The monoisotopic (exact) mass is 459 g/mol. The maximum atomic E-state index is 12.4. The summed E-state index contributed by atoms with van der Waals surface area (Å²) in [7, 11) is 2.70. The van der Waals surface area contributed by atoms with E-state index in [4.69, 9.17) is 19.9 Å². The SMILES string of the molecule is C=C/C=C(\C=C(/COC)C(=O)OC)NC(=O)[C@@H](N)CCCCNC(=O)OCc1ccccc1. The molecule has 0 aliphatic heterocycles. The van der Waals surface area contributed by atoms with Crippen LogP contribution >= 0.6 is 0 Å². The fourth-order valence-electron chi connectivity index (χ4n) is 2.71. The summed E-state index contributed by atoms with van der Waals surface area (Å²) >= 11 is 0. The quantitative estimate of drug-likeness (QED) is 0.169. The van der Waals surface area contributed by atoms with Gasteiger partial charge in [0.15, 0.2) is 0 Å². The number of nitrogens with one attached hydrogen (secondary N) is 2. The third-order valence-electron chi connectivity index (χ3n) is 4.40. The lowest BCUT2D eigenvalue weighted by molar-refractivity contribution is -0.136. The molecule has 0 saturated heterocycles. The van der Waals surface area contributed by atoms with Crippen molar-refractivity contribution in [3.63, 3.8) is 0 Å². The first-order valence-corrected chi connectivity index (χ1v) is 10.5. The number of hydrogen-bond acceptors (Lipinski definition) is 7. The number of benzene rings is 1. The third-order valence-corrected chi connectivity index (χ3v) is 4.40. The van der Waals surface area contributed by atoms with Crippen molar-refractivity contribution in [1.29, 1.82) is 0 Å². The molecule has 0 aliphatic rings. The van der Waals surface area contributed by atoms with Crippen molar-refractivity contribution in [2.45, 2.75) is 31.9 Å². The Kier molecular flexibility index (Phi) is 13.6. The second-order valence-corrected chi connectivity index (χ2v) is 7.03. The van der Waals surface area contributed by atoms with Gasteiger partial charge in [-0.1, -0.05) is 43.0 Å². The maximum Gasteiger partial charge on any atom is 0.407 e. The lowest BCUT2D eigenvalue weighted by atomic mass is 10.1. The van der Waals surface area contributed by atoms with Crippen LogP contribution in [0.2, 0.25) is 0 Å². The van der Waals surface area contributed by atoms with Gasteiger partial charge < -0.3 is 30.6 Å². The second kappa shape index (κ2) is 16.2. The van der Waals surface area contributed by atoms with E-state index in [0.29, 0.717) is 31.5 Å². The van der Waals surface area contributed by atoms with Gasteiger partial charge in [0.25, 0.3) is 0 Å². The fraction of sp³-hybridized carbons (Fsp3) is 0.375. The van der Waals surface area contributed by atoms with E-state index in [1.165, 1.54) is 32.4 Å². The normalized spacial score (nSPS) is 12.5. The molecule has 0 saturated carbocycles. The third kappa shape index (κ3) is 11.7. The fourth-order valence-corrected chi connectivity index (χ4v) is 2.71. The van der Waals surface area contributed by atoms with Gasteiger partial charge in [-0.2, -0.15) is 0 Å². The van der Waals surface area contributed by atoms with Crippen LogP contribution in [-0.2, 0) is 30.4 Å². The lowest BCUT2D eigenvalue weighted by Gasteiger charge is -2.14. The molecule has 4 N–H and O–H groups in total. The molecule has 33 heavy (non-hydrogen) atoms. The highest BCUT2D eigenvalue weighted by Gasteiger charge is 2.16. The molecule has 0 bridgehead atoms. The van der Waals surface area contributed by atoms with Gasteiger partial charge in [-0.15, -0.1) is 0 Å². The van der Waals surface area contributed by atoms with E-state index < -0.39 is 24.0 Å². The second-order valence-electron chi connectivity index (χ2n) is 7.03. The smallest absolute Gasteiger partial charge is 0.407 e. The average Bonchev–Trinajstić information content (AvgIpc) is 2.82. The summed E-state index contributed by atoms with van der Waals surface area (Å²) in [6.45, 7) is 4.23. The molecule has 1 rings (SSSR count). The van der Waals surface area contributed by atoms with E-state index in [2.05, 4.69) is 17.2 Å². The Morgan fingerprint density at radius 3 is 2.52 bits per heavy atom. The zero-order chi connectivity index (χ0) is 24.5.